The Bertz CT molecular complexity index is 312. The van der Waals surface area contributed by atoms with Crippen molar-refractivity contribution in [2.75, 3.05) is 0 Å². The van der Waals surface area contributed by atoms with Gasteiger partial charge in [0.25, 0.3) is 0 Å². The third kappa shape index (κ3) is 2.17. The van der Waals surface area contributed by atoms with Crippen LogP contribution in [0.1, 0.15) is 31.9 Å². The van der Waals surface area contributed by atoms with Crippen molar-refractivity contribution in [3.8, 4) is 11.5 Å². The topological polar surface area (TPSA) is 66.5 Å². The van der Waals surface area contributed by atoms with Gasteiger partial charge in [-0.05, 0) is 12.0 Å². The van der Waals surface area contributed by atoms with E-state index in [1.165, 1.54) is 12.1 Å². The summed E-state index contributed by atoms with van der Waals surface area (Å²) in [5.41, 5.74) is 6.65. The number of phenolic OH excluding ortho intramolecular Hbond substituents is 2. The molecule has 0 spiro atoms. The summed E-state index contributed by atoms with van der Waals surface area (Å²) in [5.74, 6) is 0.436. The third-order valence-electron chi connectivity index (χ3n) is 2.63. The lowest BCUT2D eigenvalue weighted by atomic mass is 9.93. The summed E-state index contributed by atoms with van der Waals surface area (Å²) in [6, 6.07) is 4.34. The Labute approximate surface area is 84.2 Å². The second-order valence-corrected chi connectivity index (χ2v) is 3.65. The molecule has 78 valence electrons. The number of rotatable bonds is 3. The van der Waals surface area contributed by atoms with Crippen LogP contribution in [0, 0.1) is 5.92 Å². The van der Waals surface area contributed by atoms with Crippen molar-refractivity contribution in [2.45, 2.75) is 26.3 Å². The first kappa shape index (κ1) is 10.9. The number of hydrogen-bond acceptors (Lipinski definition) is 3. The number of nitrogens with two attached hydrogens (primary N) is 1. The van der Waals surface area contributed by atoms with E-state index in [9.17, 15) is 5.11 Å². The molecule has 14 heavy (non-hydrogen) atoms. The van der Waals surface area contributed by atoms with E-state index >= 15 is 0 Å². The summed E-state index contributed by atoms with van der Waals surface area (Å²) < 4.78 is 0. The number of hydrogen-bond donors (Lipinski definition) is 3. The van der Waals surface area contributed by atoms with E-state index in [1.54, 1.807) is 6.07 Å². The monoisotopic (exact) mass is 195 g/mol. The highest BCUT2D eigenvalue weighted by molar-refractivity contribution is 5.40. The van der Waals surface area contributed by atoms with Gasteiger partial charge in [0, 0.05) is 17.7 Å². The summed E-state index contributed by atoms with van der Waals surface area (Å²) in [5, 5.41) is 18.7. The Morgan fingerprint density at radius 1 is 1.36 bits per heavy atom. The average molecular weight is 195 g/mol. The normalized spacial score (nSPS) is 15.1. The lowest BCUT2D eigenvalue weighted by Gasteiger charge is -2.19. The van der Waals surface area contributed by atoms with Crippen molar-refractivity contribution in [3.05, 3.63) is 23.8 Å². The maximum absolute atomic E-state index is 9.57. The number of benzene rings is 1. The molecule has 0 saturated heterocycles. The molecule has 0 radical (unpaired) electrons. The van der Waals surface area contributed by atoms with E-state index in [2.05, 4.69) is 6.92 Å². The van der Waals surface area contributed by atoms with Gasteiger partial charge >= 0.3 is 0 Å². The van der Waals surface area contributed by atoms with Crippen molar-refractivity contribution in [2.24, 2.45) is 11.7 Å². The van der Waals surface area contributed by atoms with E-state index in [1.807, 2.05) is 6.92 Å². The Balaban J connectivity index is 2.95. The lowest BCUT2D eigenvalue weighted by Crippen LogP contribution is -2.18. The molecule has 3 heteroatoms. The molecule has 3 nitrogen and oxygen atoms in total. The molecule has 0 aliphatic heterocycles. The van der Waals surface area contributed by atoms with Gasteiger partial charge in [0.15, 0.2) is 0 Å². The first-order valence-corrected chi connectivity index (χ1v) is 4.83. The maximum Gasteiger partial charge on any atom is 0.124 e. The predicted molar refractivity (Wildman–Crippen MR) is 56.2 cm³/mol. The van der Waals surface area contributed by atoms with Crippen molar-refractivity contribution in [1.82, 2.24) is 0 Å². The fourth-order valence-electron chi connectivity index (χ4n) is 1.37. The average Bonchev–Trinajstić information content (AvgIpc) is 2.15. The van der Waals surface area contributed by atoms with E-state index in [0.717, 1.165) is 6.42 Å². The zero-order valence-corrected chi connectivity index (χ0v) is 8.57. The van der Waals surface area contributed by atoms with Crippen molar-refractivity contribution >= 4 is 0 Å². The molecular formula is C11H17NO2. The fraction of sp³-hybridized carbons (Fsp3) is 0.455. The van der Waals surface area contributed by atoms with Gasteiger partial charge in [-0.2, -0.15) is 0 Å². The second kappa shape index (κ2) is 4.33. The zero-order chi connectivity index (χ0) is 10.7. The van der Waals surface area contributed by atoms with Crippen LogP contribution in [0.4, 0.5) is 0 Å². The van der Waals surface area contributed by atoms with Crippen LogP contribution in [0.3, 0.4) is 0 Å². The van der Waals surface area contributed by atoms with Gasteiger partial charge in [0.1, 0.15) is 11.5 Å². The molecule has 0 bridgehead atoms. The van der Waals surface area contributed by atoms with E-state index in [-0.39, 0.29) is 17.5 Å². The smallest absolute Gasteiger partial charge is 0.124 e. The molecule has 4 N–H and O–H groups in total. The van der Waals surface area contributed by atoms with Gasteiger partial charge in [-0.15, -0.1) is 0 Å². The van der Waals surface area contributed by atoms with Crippen LogP contribution in [-0.4, -0.2) is 10.2 Å². The lowest BCUT2D eigenvalue weighted by molar-refractivity contribution is 0.412. The molecule has 1 aromatic carbocycles. The van der Waals surface area contributed by atoms with E-state index in [0.29, 0.717) is 11.5 Å². The van der Waals surface area contributed by atoms with E-state index in [4.69, 9.17) is 10.8 Å². The number of aromatic hydroxyl groups is 2. The van der Waals surface area contributed by atoms with Crippen LogP contribution in [0.15, 0.2) is 18.2 Å². The molecule has 1 rings (SSSR count). The highest BCUT2D eigenvalue weighted by Gasteiger charge is 2.16. The SMILES string of the molecule is CCC(C)[C@@H](N)c1ccc(O)cc1O. The highest BCUT2D eigenvalue weighted by Crippen LogP contribution is 2.31. The Hall–Kier alpha value is -1.22. The van der Waals surface area contributed by atoms with Crippen LogP contribution >= 0.6 is 0 Å². The van der Waals surface area contributed by atoms with Crippen molar-refractivity contribution in [3.63, 3.8) is 0 Å². The molecule has 2 atom stereocenters. The van der Waals surface area contributed by atoms with Gasteiger partial charge in [0.05, 0.1) is 0 Å². The first-order valence-electron chi connectivity index (χ1n) is 4.83. The first-order chi connectivity index (χ1) is 6.56. The summed E-state index contributed by atoms with van der Waals surface area (Å²) in [6.45, 7) is 4.10. The molecule has 1 unspecified atom stereocenters. The molecule has 0 heterocycles. The van der Waals surface area contributed by atoms with Crippen molar-refractivity contribution in [1.29, 1.82) is 0 Å². The van der Waals surface area contributed by atoms with Gasteiger partial charge < -0.3 is 15.9 Å². The standard InChI is InChI=1S/C11H17NO2/c1-3-7(2)11(12)9-5-4-8(13)6-10(9)14/h4-7,11,13-14H,3,12H2,1-2H3/t7?,11-/m1/s1. The molecule has 0 aromatic heterocycles. The van der Waals surface area contributed by atoms with Crippen LogP contribution < -0.4 is 5.73 Å². The summed E-state index contributed by atoms with van der Waals surface area (Å²) in [7, 11) is 0. The van der Waals surface area contributed by atoms with Crippen LogP contribution in [0.25, 0.3) is 0 Å². The zero-order valence-electron chi connectivity index (χ0n) is 8.57. The third-order valence-corrected chi connectivity index (χ3v) is 2.63. The molecule has 0 amide bonds. The van der Waals surface area contributed by atoms with Crippen LogP contribution in [-0.2, 0) is 0 Å². The Kier molecular flexibility index (Phi) is 3.36. The minimum Gasteiger partial charge on any atom is -0.508 e. The largest absolute Gasteiger partial charge is 0.508 e. The summed E-state index contributed by atoms with van der Waals surface area (Å²) >= 11 is 0. The van der Waals surface area contributed by atoms with Crippen LogP contribution in [0.2, 0.25) is 0 Å². The van der Waals surface area contributed by atoms with Crippen molar-refractivity contribution < 1.29 is 10.2 Å². The summed E-state index contributed by atoms with van der Waals surface area (Å²) in [4.78, 5) is 0. The van der Waals surface area contributed by atoms with E-state index < -0.39 is 0 Å². The molecule has 0 fully saturated rings. The van der Waals surface area contributed by atoms with Gasteiger partial charge in [-0.25, -0.2) is 0 Å². The molecule has 0 aliphatic carbocycles. The van der Waals surface area contributed by atoms with Gasteiger partial charge in [-0.3, -0.25) is 0 Å². The molecule has 0 aliphatic rings. The molecular weight excluding hydrogens is 178 g/mol. The maximum atomic E-state index is 9.57. The quantitative estimate of drug-likeness (QED) is 0.692. The van der Waals surface area contributed by atoms with Gasteiger partial charge in [0.2, 0.25) is 0 Å². The second-order valence-electron chi connectivity index (χ2n) is 3.65. The minimum absolute atomic E-state index is 0.0580. The Morgan fingerprint density at radius 3 is 2.50 bits per heavy atom. The highest BCUT2D eigenvalue weighted by atomic mass is 16.3. The minimum atomic E-state index is -0.180. The van der Waals surface area contributed by atoms with Gasteiger partial charge in [-0.1, -0.05) is 26.3 Å². The number of phenols is 2. The predicted octanol–water partition coefficient (Wildman–Crippen LogP) is 2.14. The molecule has 1 aromatic rings. The van der Waals surface area contributed by atoms with Crippen LogP contribution in [0.5, 0.6) is 11.5 Å². The Morgan fingerprint density at radius 2 is 2.00 bits per heavy atom. The summed E-state index contributed by atoms with van der Waals surface area (Å²) in [6.07, 6.45) is 0.960. The fourth-order valence-corrected chi connectivity index (χ4v) is 1.37. The molecule has 0 saturated carbocycles.